The van der Waals surface area contributed by atoms with E-state index in [0.717, 1.165) is 24.9 Å². The van der Waals surface area contributed by atoms with E-state index in [1.165, 1.54) is 31.4 Å². The van der Waals surface area contributed by atoms with E-state index in [1.807, 2.05) is 0 Å². The molecule has 1 aromatic heterocycles. The summed E-state index contributed by atoms with van der Waals surface area (Å²) in [4.78, 5) is 2.61. The van der Waals surface area contributed by atoms with Crippen LogP contribution in [-0.2, 0) is 6.54 Å². The Balaban J connectivity index is 1.92. The highest BCUT2D eigenvalue weighted by molar-refractivity contribution is 7.07. The summed E-state index contributed by atoms with van der Waals surface area (Å²) in [6.07, 6.45) is 5.20. The highest BCUT2D eigenvalue weighted by Crippen LogP contribution is 2.22. The van der Waals surface area contributed by atoms with Crippen LogP contribution >= 0.6 is 22.9 Å². The summed E-state index contributed by atoms with van der Waals surface area (Å²) in [5, 5.41) is 4.42. The maximum atomic E-state index is 5.86. The zero-order valence-electron chi connectivity index (χ0n) is 8.99. The normalized spacial score (nSPS) is 23.1. The smallest absolute Gasteiger partial charge is 0.0244 e. The number of piperidine rings is 1. The molecule has 1 unspecified atom stereocenters. The number of nitrogens with zero attached hydrogens (tertiary/aromatic N) is 1. The van der Waals surface area contributed by atoms with Crippen LogP contribution in [0.5, 0.6) is 0 Å². The fraction of sp³-hybridized carbons (Fsp3) is 0.667. The standard InChI is InChI=1S/C12H18ClNS/c13-6-4-12-3-1-2-7-14(12)9-11-5-8-15-10-11/h5,8,10,12H,1-4,6-7,9H2. The van der Waals surface area contributed by atoms with E-state index in [-0.39, 0.29) is 0 Å². The van der Waals surface area contributed by atoms with Crippen LogP contribution in [0.2, 0.25) is 0 Å². The molecular weight excluding hydrogens is 226 g/mol. The van der Waals surface area contributed by atoms with Crippen molar-refractivity contribution < 1.29 is 0 Å². The molecule has 0 aromatic carbocycles. The van der Waals surface area contributed by atoms with Gasteiger partial charge in [0.1, 0.15) is 0 Å². The van der Waals surface area contributed by atoms with Gasteiger partial charge in [-0.2, -0.15) is 11.3 Å². The van der Waals surface area contributed by atoms with E-state index in [2.05, 4.69) is 21.7 Å². The Hall–Kier alpha value is -0.0500. The molecule has 2 heterocycles. The van der Waals surface area contributed by atoms with Gasteiger partial charge in [-0.15, -0.1) is 11.6 Å². The highest BCUT2D eigenvalue weighted by Gasteiger charge is 2.21. The summed E-state index contributed by atoms with van der Waals surface area (Å²) in [6.45, 7) is 2.36. The average Bonchev–Trinajstić information content (AvgIpc) is 2.74. The molecule has 1 saturated heterocycles. The Bertz CT molecular complexity index is 271. The number of hydrogen-bond acceptors (Lipinski definition) is 2. The molecule has 0 bridgehead atoms. The predicted molar refractivity (Wildman–Crippen MR) is 67.7 cm³/mol. The Morgan fingerprint density at radius 1 is 1.47 bits per heavy atom. The minimum absolute atomic E-state index is 0.719. The first-order valence-corrected chi connectivity index (χ1v) is 7.19. The van der Waals surface area contributed by atoms with E-state index in [4.69, 9.17) is 11.6 Å². The van der Waals surface area contributed by atoms with Crippen LogP contribution in [-0.4, -0.2) is 23.4 Å². The van der Waals surface area contributed by atoms with E-state index in [9.17, 15) is 0 Å². The Labute approximate surface area is 101 Å². The SMILES string of the molecule is ClCCC1CCCCN1Cc1ccsc1. The van der Waals surface area contributed by atoms with Gasteiger partial charge in [-0.25, -0.2) is 0 Å². The van der Waals surface area contributed by atoms with Crippen LogP contribution in [0, 0.1) is 0 Å². The minimum atomic E-state index is 0.719. The Morgan fingerprint density at radius 2 is 2.40 bits per heavy atom. The van der Waals surface area contributed by atoms with Crippen LogP contribution < -0.4 is 0 Å². The third-order valence-electron chi connectivity index (χ3n) is 3.16. The molecule has 1 atom stereocenters. The van der Waals surface area contributed by atoms with Gasteiger partial charge in [0.2, 0.25) is 0 Å². The van der Waals surface area contributed by atoms with Crippen molar-refractivity contribution in [2.45, 2.75) is 38.3 Å². The molecule has 1 fully saturated rings. The van der Waals surface area contributed by atoms with Gasteiger partial charge in [-0.1, -0.05) is 6.42 Å². The number of alkyl halides is 1. The third kappa shape index (κ3) is 3.20. The molecule has 3 heteroatoms. The summed E-state index contributed by atoms with van der Waals surface area (Å²) in [5.41, 5.74) is 1.46. The van der Waals surface area contributed by atoms with Crippen molar-refractivity contribution in [3.05, 3.63) is 22.4 Å². The summed E-state index contributed by atoms with van der Waals surface area (Å²) in [5.74, 6) is 0.796. The number of rotatable bonds is 4. The van der Waals surface area contributed by atoms with Gasteiger partial charge in [0.25, 0.3) is 0 Å². The first kappa shape index (κ1) is 11.4. The molecule has 0 spiro atoms. The van der Waals surface area contributed by atoms with E-state index in [0.29, 0.717) is 0 Å². The van der Waals surface area contributed by atoms with Gasteiger partial charge in [-0.3, -0.25) is 4.90 Å². The molecule has 0 radical (unpaired) electrons. The second-order valence-electron chi connectivity index (χ2n) is 4.23. The lowest BCUT2D eigenvalue weighted by atomic mass is 9.99. The van der Waals surface area contributed by atoms with Crippen molar-refractivity contribution >= 4 is 22.9 Å². The summed E-state index contributed by atoms with van der Waals surface area (Å²) in [6, 6.07) is 2.95. The molecule has 0 aliphatic carbocycles. The summed E-state index contributed by atoms with van der Waals surface area (Å²) < 4.78 is 0. The van der Waals surface area contributed by atoms with Crippen molar-refractivity contribution in [3.63, 3.8) is 0 Å². The quantitative estimate of drug-likeness (QED) is 0.729. The topological polar surface area (TPSA) is 3.24 Å². The lowest BCUT2D eigenvalue weighted by molar-refractivity contribution is 0.137. The molecule has 2 rings (SSSR count). The van der Waals surface area contributed by atoms with Crippen molar-refractivity contribution in [3.8, 4) is 0 Å². The van der Waals surface area contributed by atoms with Crippen LogP contribution in [0.15, 0.2) is 16.8 Å². The molecular formula is C12H18ClNS. The van der Waals surface area contributed by atoms with Crippen LogP contribution in [0.25, 0.3) is 0 Å². The predicted octanol–water partition coefficient (Wildman–Crippen LogP) is 3.73. The Kier molecular flexibility index (Phi) is 4.48. The molecule has 1 aliphatic rings. The molecule has 0 amide bonds. The van der Waals surface area contributed by atoms with Gasteiger partial charge in [-0.05, 0) is 48.2 Å². The summed E-state index contributed by atoms with van der Waals surface area (Å²) >= 11 is 7.65. The Morgan fingerprint density at radius 3 is 3.13 bits per heavy atom. The van der Waals surface area contributed by atoms with Crippen LogP contribution in [0.4, 0.5) is 0 Å². The zero-order chi connectivity index (χ0) is 10.5. The fourth-order valence-corrected chi connectivity index (χ4v) is 3.25. The number of halogens is 1. The van der Waals surface area contributed by atoms with Crippen molar-refractivity contribution in [2.75, 3.05) is 12.4 Å². The number of likely N-dealkylation sites (tertiary alicyclic amines) is 1. The van der Waals surface area contributed by atoms with Gasteiger partial charge < -0.3 is 0 Å². The second kappa shape index (κ2) is 5.88. The highest BCUT2D eigenvalue weighted by atomic mass is 35.5. The lowest BCUT2D eigenvalue weighted by Gasteiger charge is -2.35. The molecule has 1 nitrogen and oxygen atoms in total. The van der Waals surface area contributed by atoms with Crippen molar-refractivity contribution in [1.29, 1.82) is 0 Å². The van der Waals surface area contributed by atoms with E-state index >= 15 is 0 Å². The monoisotopic (exact) mass is 243 g/mol. The molecule has 15 heavy (non-hydrogen) atoms. The van der Waals surface area contributed by atoms with Crippen LogP contribution in [0.3, 0.4) is 0 Å². The second-order valence-corrected chi connectivity index (χ2v) is 5.39. The molecule has 1 aliphatic heterocycles. The average molecular weight is 244 g/mol. The van der Waals surface area contributed by atoms with Gasteiger partial charge >= 0.3 is 0 Å². The maximum Gasteiger partial charge on any atom is 0.0244 e. The number of thiophene rings is 1. The van der Waals surface area contributed by atoms with Gasteiger partial charge in [0.15, 0.2) is 0 Å². The minimum Gasteiger partial charge on any atom is -0.296 e. The molecule has 84 valence electrons. The first-order valence-electron chi connectivity index (χ1n) is 5.71. The third-order valence-corrected chi connectivity index (χ3v) is 4.11. The molecule has 1 aromatic rings. The zero-order valence-corrected chi connectivity index (χ0v) is 10.6. The largest absolute Gasteiger partial charge is 0.296 e. The van der Waals surface area contributed by atoms with E-state index in [1.54, 1.807) is 11.3 Å². The van der Waals surface area contributed by atoms with E-state index < -0.39 is 0 Å². The molecule has 0 N–H and O–H groups in total. The van der Waals surface area contributed by atoms with Crippen molar-refractivity contribution in [1.82, 2.24) is 4.90 Å². The van der Waals surface area contributed by atoms with Crippen LogP contribution in [0.1, 0.15) is 31.2 Å². The summed E-state index contributed by atoms with van der Waals surface area (Å²) in [7, 11) is 0. The fourth-order valence-electron chi connectivity index (χ4n) is 2.34. The number of hydrogen-bond donors (Lipinski definition) is 0. The van der Waals surface area contributed by atoms with Crippen molar-refractivity contribution in [2.24, 2.45) is 0 Å². The first-order chi connectivity index (χ1) is 7.40. The molecule has 0 saturated carbocycles. The van der Waals surface area contributed by atoms with Gasteiger partial charge in [0, 0.05) is 18.5 Å². The van der Waals surface area contributed by atoms with Gasteiger partial charge in [0.05, 0.1) is 0 Å². The lowest BCUT2D eigenvalue weighted by Crippen LogP contribution is -2.39. The maximum absolute atomic E-state index is 5.86.